The molecule has 0 saturated heterocycles. The van der Waals surface area contributed by atoms with Gasteiger partial charge >= 0.3 is 0 Å². The molecular weight excluding hydrogens is 292 g/mol. The number of nitrogens with zero attached hydrogens (tertiary/aromatic N) is 2. The van der Waals surface area contributed by atoms with Crippen LogP contribution in [0.5, 0.6) is 0 Å². The Bertz CT molecular complexity index is 672. The zero-order valence-corrected chi connectivity index (χ0v) is 14.5. The fourth-order valence-corrected chi connectivity index (χ4v) is 3.05. The molecule has 124 valence electrons. The molecule has 3 aromatic rings. The highest BCUT2D eigenvalue weighted by Crippen LogP contribution is 2.30. The van der Waals surface area contributed by atoms with Gasteiger partial charge in [0.15, 0.2) is 0 Å². The molecule has 0 amide bonds. The average Bonchev–Trinajstić information content (AvgIpc) is 3.07. The number of hydrogen-bond donors (Lipinski definition) is 0. The van der Waals surface area contributed by atoms with Gasteiger partial charge in [-0.3, -0.25) is 4.68 Å². The highest BCUT2D eigenvalue weighted by atomic mass is 15.3. The van der Waals surface area contributed by atoms with Crippen molar-refractivity contribution in [2.24, 2.45) is 0 Å². The SMILES string of the molecule is CCCCCCCn1cc(-c2ccccc2)c(-c2ccccc2)n1. The van der Waals surface area contributed by atoms with Crippen molar-refractivity contribution in [2.45, 2.75) is 45.6 Å². The molecule has 1 aromatic heterocycles. The Morgan fingerprint density at radius 1 is 0.750 bits per heavy atom. The molecule has 0 spiro atoms. The third kappa shape index (κ3) is 4.14. The van der Waals surface area contributed by atoms with Crippen molar-refractivity contribution in [2.75, 3.05) is 0 Å². The van der Waals surface area contributed by atoms with Crippen LogP contribution in [0.15, 0.2) is 66.9 Å². The van der Waals surface area contributed by atoms with Crippen LogP contribution in [0.1, 0.15) is 39.0 Å². The predicted molar refractivity (Wildman–Crippen MR) is 102 cm³/mol. The lowest BCUT2D eigenvalue weighted by Crippen LogP contribution is -1.98. The van der Waals surface area contributed by atoms with Crippen LogP contribution in [-0.4, -0.2) is 9.78 Å². The molecule has 2 aromatic carbocycles. The molecule has 0 N–H and O–H groups in total. The summed E-state index contributed by atoms with van der Waals surface area (Å²) < 4.78 is 2.12. The van der Waals surface area contributed by atoms with Crippen molar-refractivity contribution in [1.82, 2.24) is 9.78 Å². The summed E-state index contributed by atoms with van der Waals surface area (Å²) >= 11 is 0. The molecule has 2 heteroatoms. The van der Waals surface area contributed by atoms with Crippen LogP contribution < -0.4 is 0 Å². The molecule has 0 aliphatic carbocycles. The summed E-state index contributed by atoms with van der Waals surface area (Å²) in [5, 5.41) is 4.89. The number of hydrogen-bond acceptors (Lipinski definition) is 1. The molecule has 1 heterocycles. The van der Waals surface area contributed by atoms with Gasteiger partial charge in [-0.25, -0.2) is 0 Å². The minimum absolute atomic E-state index is 0.996. The minimum Gasteiger partial charge on any atom is -0.271 e. The first-order valence-electron chi connectivity index (χ1n) is 9.07. The van der Waals surface area contributed by atoms with Crippen LogP contribution in [0.3, 0.4) is 0 Å². The molecule has 0 aliphatic heterocycles. The number of unbranched alkanes of at least 4 members (excludes halogenated alkanes) is 4. The topological polar surface area (TPSA) is 17.8 Å². The van der Waals surface area contributed by atoms with E-state index in [1.807, 2.05) is 0 Å². The average molecular weight is 318 g/mol. The number of benzene rings is 2. The van der Waals surface area contributed by atoms with E-state index in [9.17, 15) is 0 Å². The Morgan fingerprint density at radius 2 is 1.38 bits per heavy atom. The molecule has 0 aliphatic rings. The van der Waals surface area contributed by atoms with Crippen molar-refractivity contribution in [3.05, 3.63) is 66.9 Å². The summed E-state index contributed by atoms with van der Waals surface area (Å²) in [6.07, 6.45) is 8.65. The summed E-state index contributed by atoms with van der Waals surface area (Å²) in [6.45, 7) is 3.25. The molecule has 0 radical (unpaired) electrons. The second-order valence-corrected chi connectivity index (χ2v) is 6.30. The van der Waals surface area contributed by atoms with Crippen molar-refractivity contribution in [3.63, 3.8) is 0 Å². The summed E-state index contributed by atoms with van der Waals surface area (Å²) in [5.74, 6) is 0. The van der Waals surface area contributed by atoms with Gasteiger partial charge < -0.3 is 0 Å². The third-order valence-electron chi connectivity index (χ3n) is 4.38. The van der Waals surface area contributed by atoms with E-state index in [4.69, 9.17) is 5.10 Å². The first kappa shape index (κ1) is 16.5. The van der Waals surface area contributed by atoms with Gasteiger partial charge in [0.25, 0.3) is 0 Å². The van der Waals surface area contributed by atoms with Gasteiger partial charge in [-0.2, -0.15) is 5.10 Å². The Morgan fingerprint density at radius 3 is 2.04 bits per heavy atom. The van der Waals surface area contributed by atoms with Gasteiger partial charge in [0.05, 0.1) is 0 Å². The number of rotatable bonds is 8. The van der Waals surface area contributed by atoms with Gasteiger partial charge in [-0.15, -0.1) is 0 Å². The fraction of sp³-hybridized carbons (Fsp3) is 0.318. The van der Waals surface area contributed by atoms with Gasteiger partial charge in [0.2, 0.25) is 0 Å². The number of aryl methyl sites for hydroxylation is 1. The Balaban J connectivity index is 1.83. The number of aromatic nitrogens is 2. The van der Waals surface area contributed by atoms with E-state index >= 15 is 0 Å². The maximum atomic E-state index is 4.89. The maximum absolute atomic E-state index is 4.89. The quantitative estimate of drug-likeness (QED) is 0.453. The first-order valence-corrected chi connectivity index (χ1v) is 9.07. The molecular formula is C22H26N2. The molecule has 3 rings (SSSR count). The molecule has 2 nitrogen and oxygen atoms in total. The molecule has 24 heavy (non-hydrogen) atoms. The molecule has 0 saturated carbocycles. The van der Waals surface area contributed by atoms with Crippen LogP contribution in [-0.2, 0) is 6.54 Å². The second-order valence-electron chi connectivity index (χ2n) is 6.30. The summed E-state index contributed by atoms with van der Waals surface area (Å²) in [5.41, 5.74) is 4.71. The third-order valence-corrected chi connectivity index (χ3v) is 4.38. The molecule has 0 bridgehead atoms. The van der Waals surface area contributed by atoms with Crippen molar-refractivity contribution in [1.29, 1.82) is 0 Å². The van der Waals surface area contributed by atoms with Crippen molar-refractivity contribution < 1.29 is 0 Å². The van der Waals surface area contributed by atoms with Crippen LogP contribution in [0.2, 0.25) is 0 Å². The zero-order chi connectivity index (χ0) is 16.6. The van der Waals surface area contributed by atoms with Crippen LogP contribution in [0.25, 0.3) is 22.4 Å². The minimum atomic E-state index is 0.996. The van der Waals surface area contributed by atoms with Crippen LogP contribution >= 0.6 is 0 Å². The van der Waals surface area contributed by atoms with E-state index in [2.05, 4.69) is 78.5 Å². The molecule has 0 fully saturated rings. The normalized spacial score (nSPS) is 10.9. The molecule has 0 atom stereocenters. The van der Waals surface area contributed by atoms with E-state index in [-0.39, 0.29) is 0 Å². The summed E-state index contributed by atoms with van der Waals surface area (Å²) in [4.78, 5) is 0. The van der Waals surface area contributed by atoms with E-state index in [0.717, 1.165) is 12.2 Å². The zero-order valence-electron chi connectivity index (χ0n) is 14.5. The largest absolute Gasteiger partial charge is 0.271 e. The van der Waals surface area contributed by atoms with E-state index in [1.54, 1.807) is 0 Å². The maximum Gasteiger partial charge on any atom is 0.100 e. The predicted octanol–water partition coefficient (Wildman–Crippen LogP) is 6.19. The van der Waals surface area contributed by atoms with Crippen LogP contribution in [0.4, 0.5) is 0 Å². The smallest absolute Gasteiger partial charge is 0.100 e. The van der Waals surface area contributed by atoms with Gasteiger partial charge in [-0.05, 0) is 12.0 Å². The Labute approximate surface area is 145 Å². The van der Waals surface area contributed by atoms with E-state index in [1.165, 1.54) is 48.8 Å². The van der Waals surface area contributed by atoms with E-state index in [0.29, 0.717) is 0 Å². The highest BCUT2D eigenvalue weighted by molar-refractivity contribution is 5.80. The summed E-state index contributed by atoms with van der Waals surface area (Å²) in [7, 11) is 0. The Kier molecular flexibility index (Phi) is 5.84. The van der Waals surface area contributed by atoms with Gasteiger partial charge in [0.1, 0.15) is 5.69 Å². The van der Waals surface area contributed by atoms with Gasteiger partial charge in [0, 0.05) is 23.9 Å². The fourth-order valence-electron chi connectivity index (χ4n) is 3.05. The lowest BCUT2D eigenvalue weighted by molar-refractivity contribution is 0.534. The lowest BCUT2D eigenvalue weighted by atomic mass is 10.0. The monoisotopic (exact) mass is 318 g/mol. The first-order chi connectivity index (χ1) is 11.9. The standard InChI is InChI=1S/C22H26N2/c1-2-3-4-5-12-17-24-18-21(19-13-8-6-9-14-19)22(23-24)20-15-10-7-11-16-20/h6-11,13-16,18H,2-5,12,17H2,1H3. The van der Waals surface area contributed by atoms with Crippen molar-refractivity contribution in [3.8, 4) is 22.4 Å². The Hall–Kier alpha value is -2.35. The summed E-state index contributed by atoms with van der Waals surface area (Å²) in [6, 6.07) is 21.0. The van der Waals surface area contributed by atoms with E-state index < -0.39 is 0 Å². The molecule has 0 unspecified atom stereocenters. The van der Waals surface area contributed by atoms with Crippen molar-refractivity contribution >= 4 is 0 Å². The lowest BCUT2D eigenvalue weighted by Gasteiger charge is -2.02. The second kappa shape index (κ2) is 8.49. The highest BCUT2D eigenvalue weighted by Gasteiger charge is 2.12. The van der Waals surface area contributed by atoms with Crippen LogP contribution in [0, 0.1) is 0 Å². The van der Waals surface area contributed by atoms with Gasteiger partial charge in [-0.1, -0.05) is 93.3 Å².